The number of nitrogens with zero attached hydrogens (tertiary/aromatic N) is 2. The highest BCUT2D eigenvalue weighted by atomic mass is 15.1. The van der Waals surface area contributed by atoms with Gasteiger partial charge in [0, 0.05) is 33.4 Å². The van der Waals surface area contributed by atoms with E-state index in [0.717, 1.165) is 22.7 Å². The normalized spacial score (nSPS) is 12.9. The minimum absolute atomic E-state index is 0.431. The van der Waals surface area contributed by atoms with E-state index in [1.807, 2.05) is 0 Å². The second kappa shape index (κ2) is 13.9. The van der Waals surface area contributed by atoms with E-state index >= 15 is 0 Å². The molecular formula is C61H40N2. The summed E-state index contributed by atoms with van der Waals surface area (Å²) in [5.41, 5.74) is 21.8. The number of benzene rings is 10. The van der Waals surface area contributed by atoms with Crippen molar-refractivity contribution in [2.24, 2.45) is 0 Å². The first-order chi connectivity index (χ1) is 31.3. The summed E-state index contributed by atoms with van der Waals surface area (Å²) in [4.78, 5) is 2.47. The van der Waals surface area contributed by atoms with Crippen LogP contribution in [0.3, 0.4) is 0 Å². The van der Waals surface area contributed by atoms with Crippen molar-refractivity contribution in [3.63, 3.8) is 0 Å². The monoisotopic (exact) mass is 800 g/mol. The van der Waals surface area contributed by atoms with E-state index in [1.54, 1.807) is 0 Å². The fraction of sp³-hybridized carbons (Fsp3) is 0.0164. The van der Waals surface area contributed by atoms with Crippen molar-refractivity contribution in [1.29, 1.82) is 0 Å². The third-order valence-corrected chi connectivity index (χ3v) is 13.6. The van der Waals surface area contributed by atoms with Gasteiger partial charge in [0.05, 0.1) is 22.1 Å². The van der Waals surface area contributed by atoms with Crippen LogP contribution >= 0.6 is 0 Å². The largest absolute Gasteiger partial charge is 0.310 e. The molecule has 0 atom stereocenters. The van der Waals surface area contributed by atoms with Gasteiger partial charge in [-0.15, -0.1) is 0 Å². The Kier molecular flexibility index (Phi) is 7.85. The van der Waals surface area contributed by atoms with Crippen molar-refractivity contribution < 1.29 is 0 Å². The Morgan fingerprint density at radius 2 is 0.794 bits per heavy atom. The number of fused-ring (bicyclic) bond motifs is 13. The molecule has 10 aromatic carbocycles. The van der Waals surface area contributed by atoms with Crippen LogP contribution < -0.4 is 4.90 Å². The van der Waals surface area contributed by atoms with E-state index in [9.17, 15) is 0 Å². The van der Waals surface area contributed by atoms with E-state index in [-0.39, 0.29) is 0 Å². The molecule has 0 saturated heterocycles. The predicted octanol–water partition coefficient (Wildman–Crippen LogP) is 15.9. The Labute approximate surface area is 367 Å². The second-order valence-electron chi connectivity index (χ2n) is 16.8. The summed E-state index contributed by atoms with van der Waals surface area (Å²) in [5, 5.41) is 2.51. The topological polar surface area (TPSA) is 8.17 Å². The summed E-state index contributed by atoms with van der Waals surface area (Å²) in [5.74, 6) is 0. The molecule has 1 aromatic heterocycles. The zero-order valence-electron chi connectivity index (χ0n) is 34.5. The molecule has 0 radical (unpaired) electrons. The zero-order valence-corrected chi connectivity index (χ0v) is 34.5. The second-order valence-corrected chi connectivity index (χ2v) is 16.8. The van der Waals surface area contributed by atoms with Crippen LogP contribution in [0.15, 0.2) is 243 Å². The van der Waals surface area contributed by atoms with Gasteiger partial charge in [-0.2, -0.15) is 0 Å². The Hall–Kier alpha value is -8.20. The van der Waals surface area contributed by atoms with Crippen LogP contribution in [-0.4, -0.2) is 4.57 Å². The summed E-state index contributed by atoms with van der Waals surface area (Å²) >= 11 is 0. The summed E-state index contributed by atoms with van der Waals surface area (Å²) < 4.78 is 2.39. The average Bonchev–Trinajstić information content (AvgIpc) is 3.98. The van der Waals surface area contributed by atoms with Crippen LogP contribution in [0, 0.1) is 0 Å². The molecule has 0 N–H and O–H groups in total. The van der Waals surface area contributed by atoms with Gasteiger partial charge in [-0.25, -0.2) is 0 Å². The molecule has 0 unspecified atom stereocenters. The van der Waals surface area contributed by atoms with Crippen LogP contribution in [0.1, 0.15) is 22.3 Å². The van der Waals surface area contributed by atoms with Gasteiger partial charge in [0.15, 0.2) is 0 Å². The third-order valence-electron chi connectivity index (χ3n) is 13.6. The highest BCUT2D eigenvalue weighted by Crippen LogP contribution is 2.64. The molecule has 0 bridgehead atoms. The number of hydrogen-bond donors (Lipinski definition) is 0. The molecule has 11 aromatic rings. The minimum atomic E-state index is -0.431. The van der Waals surface area contributed by atoms with Gasteiger partial charge < -0.3 is 9.47 Å². The van der Waals surface area contributed by atoms with Gasteiger partial charge in [0.2, 0.25) is 0 Å². The van der Waals surface area contributed by atoms with Crippen molar-refractivity contribution in [2.75, 3.05) is 4.90 Å². The molecule has 0 amide bonds. The molecule has 0 aliphatic heterocycles. The smallest absolute Gasteiger partial charge is 0.0726 e. The van der Waals surface area contributed by atoms with Crippen LogP contribution in [0.4, 0.5) is 17.1 Å². The first-order valence-electron chi connectivity index (χ1n) is 21.9. The fourth-order valence-corrected chi connectivity index (χ4v) is 11.1. The summed E-state index contributed by atoms with van der Waals surface area (Å²) in [6.45, 7) is 0. The van der Waals surface area contributed by atoms with Gasteiger partial charge in [-0.05, 0) is 116 Å². The van der Waals surface area contributed by atoms with Crippen molar-refractivity contribution in [2.45, 2.75) is 5.41 Å². The van der Waals surface area contributed by atoms with Crippen molar-refractivity contribution in [1.82, 2.24) is 4.57 Å². The lowest BCUT2D eigenvalue weighted by atomic mass is 9.70. The van der Waals surface area contributed by atoms with E-state index in [1.165, 1.54) is 88.6 Å². The molecule has 2 aliphatic carbocycles. The number of aromatic nitrogens is 1. The van der Waals surface area contributed by atoms with E-state index in [4.69, 9.17) is 0 Å². The van der Waals surface area contributed by atoms with Crippen LogP contribution in [0.25, 0.3) is 72.0 Å². The number of para-hydroxylation sites is 2. The molecule has 0 saturated carbocycles. The molecule has 1 spiro atoms. The van der Waals surface area contributed by atoms with Crippen molar-refractivity contribution >= 4 is 38.9 Å². The van der Waals surface area contributed by atoms with E-state index in [2.05, 4.69) is 252 Å². The lowest BCUT2D eigenvalue weighted by Crippen LogP contribution is -2.26. The van der Waals surface area contributed by atoms with Gasteiger partial charge in [0.25, 0.3) is 0 Å². The molecule has 1 heterocycles. The number of rotatable bonds is 6. The van der Waals surface area contributed by atoms with Gasteiger partial charge in [-0.1, -0.05) is 188 Å². The first-order valence-corrected chi connectivity index (χ1v) is 21.9. The quantitative estimate of drug-likeness (QED) is 0.163. The highest BCUT2D eigenvalue weighted by Gasteiger charge is 2.52. The molecule has 13 rings (SSSR count). The van der Waals surface area contributed by atoms with Crippen LogP contribution in [0.5, 0.6) is 0 Å². The van der Waals surface area contributed by atoms with Crippen LogP contribution in [0.2, 0.25) is 0 Å². The Balaban J connectivity index is 1.02. The highest BCUT2D eigenvalue weighted by molar-refractivity contribution is 6.16. The first kappa shape index (κ1) is 35.5. The molecule has 0 fully saturated rings. The summed E-state index contributed by atoms with van der Waals surface area (Å²) in [6, 6.07) is 89.4. The lowest BCUT2D eigenvalue weighted by Gasteiger charge is -2.32. The van der Waals surface area contributed by atoms with Crippen LogP contribution in [-0.2, 0) is 5.41 Å². The molecule has 2 aliphatic rings. The standard InChI is InChI=1S/C61H40N2/c1-3-17-41(18-4-1)42-33-37-45(38-34-42)62(46-39-35-43(36-40-46)47-25-15-31-57-59(47)51-24-10-14-30-56(51)63(57)44-19-5-2-6-20-44)58-32-16-29-55-60(58)50-23-9-13-28-54(50)61(55)52-26-11-7-21-48(52)49-22-8-12-27-53(49)61/h1-40H. The molecule has 63 heavy (non-hydrogen) atoms. The maximum atomic E-state index is 2.47. The predicted molar refractivity (Wildman–Crippen MR) is 263 cm³/mol. The number of hydrogen-bond acceptors (Lipinski definition) is 1. The Morgan fingerprint density at radius 1 is 0.317 bits per heavy atom. The fourth-order valence-electron chi connectivity index (χ4n) is 11.1. The van der Waals surface area contributed by atoms with Crippen molar-refractivity contribution in [3.8, 4) is 50.2 Å². The van der Waals surface area contributed by atoms with Gasteiger partial charge >= 0.3 is 0 Å². The average molecular weight is 801 g/mol. The zero-order chi connectivity index (χ0) is 41.5. The Morgan fingerprint density at radius 3 is 1.48 bits per heavy atom. The number of anilines is 3. The SMILES string of the molecule is c1ccc(-c2ccc(N(c3ccc(-c4cccc5c4c4ccccc4n5-c4ccccc4)cc3)c3cccc4c3-c3ccccc3C43c4ccccc4-c4ccccc43)cc2)cc1. The van der Waals surface area contributed by atoms with Gasteiger partial charge in [0.1, 0.15) is 0 Å². The van der Waals surface area contributed by atoms with Crippen molar-refractivity contribution in [3.05, 3.63) is 265 Å². The molecule has 2 heteroatoms. The molecular weight excluding hydrogens is 761 g/mol. The van der Waals surface area contributed by atoms with E-state index < -0.39 is 5.41 Å². The third kappa shape index (κ3) is 5.13. The minimum Gasteiger partial charge on any atom is -0.310 e. The molecule has 2 nitrogen and oxygen atoms in total. The van der Waals surface area contributed by atoms with Gasteiger partial charge in [-0.3, -0.25) is 0 Å². The Bertz CT molecular complexity index is 3500. The summed E-state index contributed by atoms with van der Waals surface area (Å²) in [7, 11) is 0. The van der Waals surface area contributed by atoms with E-state index in [0.29, 0.717) is 0 Å². The summed E-state index contributed by atoms with van der Waals surface area (Å²) in [6.07, 6.45) is 0. The lowest BCUT2D eigenvalue weighted by molar-refractivity contribution is 0.794. The maximum absolute atomic E-state index is 2.47. The maximum Gasteiger partial charge on any atom is 0.0726 e. The molecule has 294 valence electrons.